The minimum atomic E-state index is 0.665. The van der Waals surface area contributed by atoms with Crippen LogP contribution in [0.4, 0.5) is 0 Å². The van der Waals surface area contributed by atoms with Crippen molar-refractivity contribution in [2.45, 2.75) is 33.2 Å². The molecule has 2 N–H and O–H groups in total. The van der Waals surface area contributed by atoms with Crippen molar-refractivity contribution in [2.24, 2.45) is 5.73 Å². The van der Waals surface area contributed by atoms with Crippen LogP contribution in [-0.2, 0) is 13.0 Å². The summed E-state index contributed by atoms with van der Waals surface area (Å²) in [6.07, 6.45) is 1.80. The molecule has 0 bridgehead atoms. The van der Waals surface area contributed by atoms with E-state index in [4.69, 9.17) is 16.0 Å². The van der Waals surface area contributed by atoms with Gasteiger partial charge in [-0.2, -0.15) is 5.26 Å². The molecule has 4 heteroatoms. The zero-order valence-electron chi connectivity index (χ0n) is 14.2. The Morgan fingerprint density at radius 3 is 2.50 bits per heavy atom. The van der Waals surface area contributed by atoms with Crippen molar-refractivity contribution >= 4 is 11.0 Å². The topological polar surface area (TPSA) is 67.6 Å². The van der Waals surface area contributed by atoms with Gasteiger partial charge in [-0.15, -0.1) is 0 Å². The van der Waals surface area contributed by atoms with Crippen molar-refractivity contribution in [1.29, 1.82) is 5.26 Å². The molecule has 0 fully saturated rings. The van der Waals surface area contributed by atoms with E-state index in [1.54, 1.807) is 0 Å². The second kappa shape index (κ2) is 6.86. The zero-order chi connectivity index (χ0) is 17.1. The number of nitriles is 1. The highest BCUT2D eigenvalue weighted by atomic mass is 15.1. The van der Waals surface area contributed by atoms with Crippen molar-refractivity contribution in [3.8, 4) is 6.07 Å². The predicted molar refractivity (Wildman–Crippen MR) is 96.8 cm³/mol. The fourth-order valence-electron chi connectivity index (χ4n) is 2.92. The first-order valence-electron chi connectivity index (χ1n) is 8.28. The SMILES string of the molecule is Cc1cc2nc(CCCN)n(Cc3ccc(C#N)cc3)c2cc1C. The molecule has 1 heterocycles. The molecule has 0 aliphatic carbocycles. The van der Waals surface area contributed by atoms with Crippen LogP contribution in [-0.4, -0.2) is 16.1 Å². The molecule has 122 valence electrons. The number of imidazole rings is 1. The lowest BCUT2D eigenvalue weighted by molar-refractivity contribution is 0.703. The molecule has 0 amide bonds. The molecule has 0 unspecified atom stereocenters. The lowest BCUT2D eigenvalue weighted by Crippen LogP contribution is -2.08. The van der Waals surface area contributed by atoms with E-state index in [2.05, 4.69) is 36.6 Å². The van der Waals surface area contributed by atoms with Gasteiger partial charge in [0, 0.05) is 13.0 Å². The molecule has 3 rings (SSSR count). The third kappa shape index (κ3) is 3.17. The Kier molecular flexibility index (Phi) is 4.64. The summed E-state index contributed by atoms with van der Waals surface area (Å²) in [7, 11) is 0. The van der Waals surface area contributed by atoms with Gasteiger partial charge < -0.3 is 10.3 Å². The average molecular weight is 318 g/mol. The Morgan fingerprint density at radius 2 is 1.83 bits per heavy atom. The van der Waals surface area contributed by atoms with Crippen LogP contribution in [0.2, 0.25) is 0 Å². The molecule has 0 radical (unpaired) electrons. The van der Waals surface area contributed by atoms with E-state index < -0.39 is 0 Å². The van der Waals surface area contributed by atoms with Crippen LogP contribution in [0.25, 0.3) is 11.0 Å². The van der Waals surface area contributed by atoms with Crippen LogP contribution in [0.15, 0.2) is 36.4 Å². The van der Waals surface area contributed by atoms with E-state index in [0.717, 1.165) is 36.2 Å². The summed E-state index contributed by atoms with van der Waals surface area (Å²) in [5.74, 6) is 1.07. The Morgan fingerprint density at radius 1 is 1.12 bits per heavy atom. The van der Waals surface area contributed by atoms with E-state index in [1.165, 1.54) is 16.7 Å². The standard InChI is InChI=1S/C20H22N4/c1-14-10-18-19(11-15(14)2)24(20(23-18)4-3-9-21)13-17-7-5-16(12-22)6-8-17/h5-8,10-11H,3-4,9,13,21H2,1-2H3. The Labute approximate surface area is 142 Å². The van der Waals surface area contributed by atoms with Gasteiger partial charge >= 0.3 is 0 Å². The fraction of sp³-hybridized carbons (Fsp3) is 0.300. The number of aryl methyl sites for hydroxylation is 3. The molecule has 2 aromatic carbocycles. The highest BCUT2D eigenvalue weighted by Crippen LogP contribution is 2.23. The monoisotopic (exact) mass is 318 g/mol. The van der Waals surface area contributed by atoms with Crippen LogP contribution in [0.5, 0.6) is 0 Å². The van der Waals surface area contributed by atoms with Crippen molar-refractivity contribution in [2.75, 3.05) is 6.54 Å². The maximum Gasteiger partial charge on any atom is 0.110 e. The Balaban J connectivity index is 2.05. The first kappa shape index (κ1) is 16.2. The predicted octanol–water partition coefficient (Wildman–Crippen LogP) is 3.46. The zero-order valence-corrected chi connectivity index (χ0v) is 14.2. The van der Waals surface area contributed by atoms with Crippen LogP contribution >= 0.6 is 0 Å². The smallest absolute Gasteiger partial charge is 0.110 e. The van der Waals surface area contributed by atoms with Gasteiger partial charge in [-0.1, -0.05) is 12.1 Å². The second-order valence-corrected chi connectivity index (χ2v) is 6.24. The molecule has 24 heavy (non-hydrogen) atoms. The highest BCUT2D eigenvalue weighted by molar-refractivity contribution is 5.78. The number of hydrogen-bond donors (Lipinski definition) is 1. The molecule has 0 saturated heterocycles. The maximum absolute atomic E-state index is 8.95. The normalized spacial score (nSPS) is 10.9. The molecule has 0 aliphatic rings. The first-order chi connectivity index (χ1) is 11.6. The lowest BCUT2D eigenvalue weighted by atomic mass is 10.1. The molecular weight excluding hydrogens is 296 g/mol. The second-order valence-electron chi connectivity index (χ2n) is 6.24. The molecule has 0 atom stereocenters. The van der Waals surface area contributed by atoms with Crippen LogP contribution in [0, 0.1) is 25.2 Å². The molecule has 0 saturated carbocycles. The molecule has 0 spiro atoms. The lowest BCUT2D eigenvalue weighted by Gasteiger charge is -2.10. The Bertz CT molecular complexity index is 898. The number of aromatic nitrogens is 2. The van der Waals surface area contributed by atoms with Gasteiger partial charge in [0.15, 0.2) is 0 Å². The number of rotatable bonds is 5. The van der Waals surface area contributed by atoms with Crippen molar-refractivity contribution < 1.29 is 0 Å². The number of fused-ring (bicyclic) bond motifs is 1. The average Bonchev–Trinajstić information content (AvgIpc) is 2.91. The molecular formula is C20H22N4. The van der Waals surface area contributed by atoms with Crippen molar-refractivity contribution in [1.82, 2.24) is 9.55 Å². The van der Waals surface area contributed by atoms with Gasteiger partial charge in [-0.25, -0.2) is 4.98 Å². The summed E-state index contributed by atoms with van der Waals surface area (Å²) in [6.45, 7) is 5.67. The van der Waals surface area contributed by atoms with Gasteiger partial charge in [0.25, 0.3) is 0 Å². The van der Waals surface area contributed by atoms with E-state index >= 15 is 0 Å². The van der Waals surface area contributed by atoms with Gasteiger partial charge in [-0.3, -0.25) is 0 Å². The number of hydrogen-bond acceptors (Lipinski definition) is 3. The summed E-state index contributed by atoms with van der Waals surface area (Å²) >= 11 is 0. The largest absolute Gasteiger partial charge is 0.330 e. The van der Waals surface area contributed by atoms with Crippen molar-refractivity contribution in [3.63, 3.8) is 0 Å². The van der Waals surface area contributed by atoms with E-state index in [0.29, 0.717) is 12.1 Å². The van der Waals surface area contributed by atoms with Gasteiger partial charge in [0.05, 0.1) is 22.7 Å². The number of benzene rings is 2. The van der Waals surface area contributed by atoms with Gasteiger partial charge in [0.2, 0.25) is 0 Å². The number of nitrogens with zero attached hydrogens (tertiary/aromatic N) is 3. The molecule has 3 aromatic rings. The highest BCUT2D eigenvalue weighted by Gasteiger charge is 2.12. The van der Waals surface area contributed by atoms with E-state index in [9.17, 15) is 0 Å². The number of nitrogens with two attached hydrogens (primary N) is 1. The quantitative estimate of drug-likeness (QED) is 0.783. The fourth-order valence-corrected chi connectivity index (χ4v) is 2.92. The van der Waals surface area contributed by atoms with Gasteiger partial charge in [0.1, 0.15) is 5.82 Å². The molecule has 1 aromatic heterocycles. The third-order valence-corrected chi connectivity index (χ3v) is 4.47. The maximum atomic E-state index is 8.95. The Hall–Kier alpha value is -2.64. The summed E-state index contributed by atoms with van der Waals surface area (Å²) < 4.78 is 2.28. The third-order valence-electron chi connectivity index (χ3n) is 4.47. The molecule has 0 aliphatic heterocycles. The van der Waals surface area contributed by atoms with E-state index in [1.807, 2.05) is 24.3 Å². The van der Waals surface area contributed by atoms with Crippen LogP contribution in [0.1, 0.15) is 34.5 Å². The van der Waals surface area contributed by atoms with Crippen LogP contribution in [0.3, 0.4) is 0 Å². The van der Waals surface area contributed by atoms with Crippen LogP contribution < -0.4 is 5.73 Å². The summed E-state index contributed by atoms with van der Waals surface area (Å²) in [4.78, 5) is 4.84. The summed E-state index contributed by atoms with van der Waals surface area (Å²) in [6, 6.07) is 14.3. The summed E-state index contributed by atoms with van der Waals surface area (Å²) in [5, 5.41) is 8.95. The minimum absolute atomic E-state index is 0.665. The minimum Gasteiger partial charge on any atom is -0.330 e. The van der Waals surface area contributed by atoms with Crippen molar-refractivity contribution in [3.05, 3.63) is 64.5 Å². The van der Waals surface area contributed by atoms with Gasteiger partial charge in [-0.05, 0) is 67.8 Å². The first-order valence-corrected chi connectivity index (χ1v) is 8.28. The summed E-state index contributed by atoms with van der Waals surface area (Å²) in [5.41, 5.74) is 12.3. The van der Waals surface area contributed by atoms with E-state index in [-0.39, 0.29) is 0 Å². The molecule has 4 nitrogen and oxygen atoms in total.